The molecule has 8 heteroatoms. The first-order valence-corrected chi connectivity index (χ1v) is 8.44. The molecule has 0 aliphatic heterocycles. The number of nitrogens with zero attached hydrogens (tertiary/aromatic N) is 2. The van der Waals surface area contributed by atoms with Crippen LogP contribution in [0.25, 0.3) is 21.9 Å². The smallest absolute Gasteiger partial charge is 0.203 e. The van der Waals surface area contributed by atoms with Gasteiger partial charge in [0.2, 0.25) is 5.75 Å². The number of halogens is 1. The number of nitrogens with one attached hydrogen (secondary N) is 2. The van der Waals surface area contributed by atoms with Crippen LogP contribution in [0.15, 0.2) is 36.7 Å². The summed E-state index contributed by atoms with van der Waals surface area (Å²) in [4.78, 5) is 12.1. The number of ether oxygens (including phenoxy) is 3. The summed E-state index contributed by atoms with van der Waals surface area (Å²) in [6.45, 7) is 2.01. The van der Waals surface area contributed by atoms with Crippen LogP contribution >= 0.6 is 12.4 Å². The standard InChI is InChI=1S/C20H20N4O3.ClH/c1-11-7-15(18-13(23-11)5-6-14-19(18)22-10-21-14)24-12-8-16(25-2)20(27-4)17(9-12)26-3;/h5-10,23-24H,1-4H3;1H. The lowest BCUT2D eigenvalue weighted by atomic mass is 10.1. The number of hydrogen-bond acceptors (Lipinski definition) is 6. The first-order valence-electron chi connectivity index (χ1n) is 8.44. The summed E-state index contributed by atoms with van der Waals surface area (Å²) in [5, 5.41) is 4.44. The van der Waals surface area contributed by atoms with E-state index in [1.807, 2.05) is 37.3 Å². The molecule has 0 aliphatic carbocycles. The molecule has 0 fully saturated rings. The van der Waals surface area contributed by atoms with E-state index in [4.69, 9.17) is 14.2 Å². The van der Waals surface area contributed by atoms with Gasteiger partial charge in [0.25, 0.3) is 0 Å². The Kier molecular flexibility index (Phi) is 5.46. The van der Waals surface area contributed by atoms with Crippen LogP contribution in [0, 0.1) is 6.92 Å². The van der Waals surface area contributed by atoms with Crippen LogP contribution in [0.4, 0.5) is 11.4 Å². The zero-order valence-corrected chi connectivity index (χ0v) is 16.8. The number of hydrogen-bond donors (Lipinski definition) is 2. The molecule has 2 aromatic carbocycles. The molecule has 0 bridgehead atoms. The number of rotatable bonds is 5. The highest BCUT2D eigenvalue weighted by molar-refractivity contribution is 6.10. The van der Waals surface area contributed by atoms with Crippen molar-refractivity contribution in [1.29, 1.82) is 0 Å². The SMILES string of the molecule is COc1cc(Nc2cc(C)[nH]c3ccc4ncnc4c23)cc(OC)c1OC.Cl. The average molecular weight is 401 g/mol. The van der Waals surface area contributed by atoms with Crippen molar-refractivity contribution in [1.82, 2.24) is 15.0 Å². The second-order valence-electron chi connectivity index (χ2n) is 6.13. The molecule has 146 valence electrons. The minimum Gasteiger partial charge on any atom is -0.493 e. The highest BCUT2D eigenvalue weighted by Crippen LogP contribution is 2.41. The quantitative estimate of drug-likeness (QED) is 0.509. The van der Waals surface area contributed by atoms with Crippen molar-refractivity contribution in [3.63, 3.8) is 0 Å². The Morgan fingerprint density at radius 2 is 1.64 bits per heavy atom. The van der Waals surface area contributed by atoms with Gasteiger partial charge in [-0.05, 0) is 25.1 Å². The van der Waals surface area contributed by atoms with Gasteiger partial charge in [-0.25, -0.2) is 9.97 Å². The van der Waals surface area contributed by atoms with Crippen molar-refractivity contribution < 1.29 is 14.2 Å². The third kappa shape index (κ3) is 3.25. The Balaban J connectivity index is 0.00000225. The van der Waals surface area contributed by atoms with Crippen LogP contribution in [0.2, 0.25) is 0 Å². The molecule has 4 rings (SSSR count). The summed E-state index contributed by atoms with van der Waals surface area (Å²) in [7, 11) is 4.78. The molecular weight excluding hydrogens is 380 g/mol. The molecule has 7 nitrogen and oxygen atoms in total. The Labute approximate surface area is 168 Å². The van der Waals surface area contributed by atoms with E-state index in [1.54, 1.807) is 27.7 Å². The molecule has 0 saturated heterocycles. The van der Waals surface area contributed by atoms with Gasteiger partial charge in [-0.2, -0.15) is 0 Å². The lowest BCUT2D eigenvalue weighted by molar-refractivity contribution is 0.324. The van der Waals surface area contributed by atoms with E-state index in [0.717, 1.165) is 39.0 Å². The molecular formula is C20H21ClN4O3. The van der Waals surface area contributed by atoms with E-state index in [0.29, 0.717) is 17.2 Å². The fourth-order valence-electron chi connectivity index (χ4n) is 3.29. The molecule has 0 amide bonds. The number of benzene rings is 2. The first kappa shape index (κ1) is 19.6. The number of fused-ring (bicyclic) bond motifs is 3. The Morgan fingerprint density at radius 1 is 0.929 bits per heavy atom. The minimum absolute atomic E-state index is 0. The van der Waals surface area contributed by atoms with Gasteiger partial charge in [-0.15, -0.1) is 12.4 Å². The number of H-pyrrole nitrogens is 1. The number of methoxy groups -OCH3 is 3. The maximum Gasteiger partial charge on any atom is 0.203 e. The molecule has 2 N–H and O–H groups in total. The summed E-state index contributed by atoms with van der Waals surface area (Å²) in [6, 6.07) is 9.76. The predicted molar refractivity (Wildman–Crippen MR) is 113 cm³/mol. The van der Waals surface area contributed by atoms with Crippen molar-refractivity contribution in [3.8, 4) is 17.2 Å². The molecule has 2 aromatic heterocycles. The van der Waals surface area contributed by atoms with Gasteiger partial charge >= 0.3 is 0 Å². The van der Waals surface area contributed by atoms with Crippen LogP contribution in [-0.2, 0) is 0 Å². The number of aryl methyl sites for hydroxylation is 1. The highest BCUT2D eigenvalue weighted by atomic mass is 35.5. The zero-order valence-electron chi connectivity index (χ0n) is 16.0. The van der Waals surface area contributed by atoms with Crippen molar-refractivity contribution in [3.05, 3.63) is 42.4 Å². The van der Waals surface area contributed by atoms with E-state index in [2.05, 4.69) is 20.3 Å². The number of aromatic amines is 1. The van der Waals surface area contributed by atoms with Crippen molar-refractivity contribution in [2.45, 2.75) is 6.92 Å². The Morgan fingerprint density at radius 3 is 2.29 bits per heavy atom. The molecule has 2 heterocycles. The van der Waals surface area contributed by atoms with Crippen LogP contribution in [0.3, 0.4) is 0 Å². The molecule has 0 radical (unpaired) electrons. The lowest BCUT2D eigenvalue weighted by Crippen LogP contribution is -1.99. The predicted octanol–water partition coefficient (Wildman–Crippen LogP) is 4.61. The average Bonchev–Trinajstić information content (AvgIpc) is 3.15. The summed E-state index contributed by atoms with van der Waals surface area (Å²) in [6.07, 6.45) is 1.58. The van der Waals surface area contributed by atoms with E-state index in [9.17, 15) is 0 Å². The Bertz CT molecular complexity index is 1120. The van der Waals surface area contributed by atoms with Gasteiger partial charge in [-0.3, -0.25) is 0 Å². The molecule has 0 saturated carbocycles. The molecule has 0 atom stereocenters. The Hall–Kier alpha value is -3.19. The molecule has 0 unspecified atom stereocenters. The summed E-state index contributed by atoms with van der Waals surface area (Å²) in [5.41, 5.74) is 5.44. The second-order valence-corrected chi connectivity index (χ2v) is 6.13. The fourth-order valence-corrected chi connectivity index (χ4v) is 3.29. The van der Waals surface area contributed by atoms with Crippen molar-refractivity contribution in [2.24, 2.45) is 0 Å². The van der Waals surface area contributed by atoms with Crippen molar-refractivity contribution in [2.75, 3.05) is 26.6 Å². The van der Waals surface area contributed by atoms with Gasteiger partial charge < -0.3 is 24.5 Å². The number of aromatic nitrogens is 3. The number of pyridine rings is 1. The van der Waals surface area contributed by atoms with Gasteiger partial charge in [-0.1, -0.05) is 0 Å². The fraction of sp³-hybridized carbons (Fsp3) is 0.200. The van der Waals surface area contributed by atoms with E-state index in [-0.39, 0.29) is 12.4 Å². The maximum atomic E-state index is 5.45. The van der Waals surface area contributed by atoms with Gasteiger partial charge in [0.15, 0.2) is 11.5 Å². The van der Waals surface area contributed by atoms with E-state index >= 15 is 0 Å². The highest BCUT2D eigenvalue weighted by Gasteiger charge is 2.15. The number of anilines is 2. The van der Waals surface area contributed by atoms with Crippen LogP contribution in [0.5, 0.6) is 17.2 Å². The third-order valence-corrected chi connectivity index (χ3v) is 4.45. The van der Waals surface area contributed by atoms with Crippen molar-refractivity contribution >= 4 is 45.7 Å². The summed E-state index contributed by atoms with van der Waals surface area (Å²) >= 11 is 0. The number of imidazole rings is 1. The lowest BCUT2D eigenvalue weighted by Gasteiger charge is -2.16. The largest absolute Gasteiger partial charge is 0.493 e. The molecule has 4 aromatic rings. The molecule has 28 heavy (non-hydrogen) atoms. The van der Waals surface area contributed by atoms with Crippen LogP contribution in [0.1, 0.15) is 5.69 Å². The molecule has 0 spiro atoms. The van der Waals surface area contributed by atoms with Crippen LogP contribution < -0.4 is 19.5 Å². The van der Waals surface area contributed by atoms with Crippen LogP contribution in [-0.4, -0.2) is 36.3 Å². The van der Waals surface area contributed by atoms with Gasteiger partial charge in [0, 0.05) is 34.4 Å². The summed E-state index contributed by atoms with van der Waals surface area (Å²) in [5.74, 6) is 1.72. The first-order chi connectivity index (χ1) is 13.1. The zero-order chi connectivity index (χ0) is 19.0. The van der Waals surface area contributed by atoms with E-state index in [1.165, 1.54) is 0 Å². The summed E-state index contributed by atoms with van der Waals surface area (Å²) < 4.78 is 16.3. The molecule has 0 aliphatic rings. The monoisotopic (exact) mass is 400 g/mol. The minimum atomic E-state index is 0. The topological polar surface area (TPSA) is 81.3 Å². The van der Waals surface area contributed by atoms with Gasteiger partial charge in [0.05, 0.1) is 32.5 Å². The maximum absolute atomic E-state index is 5.45. The van der Waals surface area contributed by atoms with E-state index < -0.39 is 0 Å². The second kappa shape index (κ2) is 7.82. The normalized spacial score (nSPS) is 10.6. The third-order valence-electron chi connectivity index (χ3n) is 4.45. The van der Waals surface area contributed by atoms with Gasteiger partial charge in [0.1, 0.15) is 11.8 Å².